The van der Waals surface area contributed by atoms with Crippen LogP contribution in [0.15, 0.2) is 24.3 Å². The van der Waals surface area contributed by atoms with Crippen molar-refractivity contribution in [1.82, 2.24) is 0 Å². The highest BCUT2D eigenvalue weighted by atomic mass is 16.5. The molecule has 0 heterocycles. The van der Waals surface area contributed by atoms with E-state index in [4.69, 9.17) is 9.84 Å². The van der Waals surface area contributed by atoms with Crippen molar-refractivity contribution in [2.45, 2.75) is 206 Å². The number of carboxylic acids is 1. The monoisotopic (exact) mass is 591 g/mol. The van der Waals surface area contributed by atoms with Crippen LogP contribution in [-0.4, -0.2) is 23.1 Å². The van der Waals surface area contributed by atoms with Gasteiger partial charge in [0.1, 0.15) is 6.10 Å². The highest BCUT2D eigenvalue weighted by Crippen LogP contribution is 2.18. The van der Waals surface area contributed by atoms with Crippen LogP contribution in [0, 0.1) is 0 Å². The molecule has 0 amide bonds. The van der Waals surface area contributed by atoms with Gasteiger partial charge in [0.05, 0.1) is 0 Å². The zero-order valence-electron chi connectivity index (χ0n) is 28.1. The van der Waals surface area contributed by atoms with Gasteiger partial charge in [-0.15, -0.1) is 0 Å². The van der Waals surface area contributed by atoms with Crippen molar-refractivity contribution in [2.24, 2.45) is 0 Å². The summed E-state index contributed by atoms with van der Waals surface area (Å²) < 4.78 is 5.87. The van der Waals surface area contributed by atoms with Crippen molar-refractivity contribution in [3.63, 3.8) is 0 Å². The van der Waals surface area contributed by atoms with E-state index in [1.807, 2.05) is 0 Å². The molecule has 0 aliphatic heterocycles. The van der Waals surface area contributed by atoms with E-state index < -0.39 is 5.97 Å². The zero-order valence-corrected chi connectivity index (χ0v) is 28.1. The number of hydrogen-bond donors (Lipinski definition) is 1. The van der Waals surface area contributed by atoms with Gasteiger partial charge in [0.25, 0.3) is 0 Å². The Labute approximate surface area is 261 Å². The normalized spacial score (nSPS) is 12.4. The van der Waals surface area contributed by atoms with Crippen molar-refractivity contribution in [3.8, 4) is 0 Å². The Balaban J connectivity index is 3.87. The second-order valence-corrected chi connectivity index (χ2v) is 12.4. The Morgan fingerprint density at radius 1 is 0.524 bits per heavy atom. The second-order valence-electron chi connectivity index (χ2n) is 12.4. The number of esters is 1. The van der Waals surface area contributed by atoms with E-state index in [-0.39, 0.29) is 18.5 Å². The van der Waals surface area contributed by atoms with Crippen LogP contribution >= 0.6 is 0 Å². The molecule has 0 bridgehead atoms. The van der Waals surface area contributed by atoms with Crippen LogP contribution in [0.3, 0.4) is 0 Å². The molecule has 4 nitrogen and oxygen atoms in total. The molecule has 0 aliphatic rings. The topological polar surface area (TPSA) is 63.6 Å². The summed E-state index contributed by atoms with van der Waals surface area (Å²) >= 11 is 0. The van der Waals surface area contributed by atoms with E-state index in [0.29, 0.717) is 12.8 Å². The first-order chi connectivity index (χ1) is 20.6. The summed E-state index contributed by atoms with van der Waals surface area (Å²) in [5.41, 5.74) is 0. The lowest BCUT2D eigenvalue weighted by Gasteiger charge is -2.18. The molecular weight excluding hydrogens is 520 g/mol. The van der Waals surface area contributed by atoms with E-state index in [1.165, 1.54) is 122 Å². The summed E-state index contributed by atoms with van der Waals surface area (Å²) in [5, 5.41) is 8.91. The standard InChI is InChI=1S/C38H70O4/c1-3-5-7-9-11-13-15-16-17-18-19-20-21-23-25-27-29-35-38(41)42-36(33-30-31-34-37(39)40)32-28-26-24-22-14-12-10-8-6-4-2/h11,13,16-17,36H,3-10,12,14-15,18-35H2,1-2H3,(H,39,40)/b13-11-,17-16-. The minimum Gasteiger partial charge on any atom is -0.481 e. The summed E-state index contributed by atoms with van der Waals surface area (Å²) in [6, 6.07) is 0. The van der Waals surface area contributed by atoms with Crippen LogP contribution in [0.5, 0.6) is 0 Å². The molecule has 0 spiro atoms. The molecule has 4 heteroatoms. The minimum atomic E-state index is -0.744. The largest absolute Gasteiger partial charge is 0.481 e. The summed E-state index contributed by atoms with van der Waals surface area (Å²) in [6.45, 7) is 4.51. The van der Waals surface area contributed by atoms with Crippen LogP contribution in [-0.2, 0) is 14.3 Å². The first-order valence-electron chi connectivity index (χ1n) is 18.3. The highest BCUT2D eigenvalue weighted by molar-refractivity contribution is 5.69. The van der Waals surface area contributed by atoms with Crippen LogP contribution < -0.4 is 0 Å². The number of rotatable bonds is 33. The first kappa shape index (κ1) is 40.4. The van der Waals surface area contributed by atoms with Crippen molar-refractivity contribution in [1.29, 1.82) is 0 Å². The lowest BCUT2D eigenvalue weighted by Crippen LogP contribution is -2.18. The lowest BCUT2D eigenvalue weighted by molar-refractivity contribution is -0.150. The molecule has 0 saturated carbocycles. The van der Waals surface area contributed by atoms with Gasteiger partial charge in [-0.05, 0) is 70.6 Å². The predicted molar refractivity (Wildman–Crippen MR) is 181 cm³/mol. The Hall–Kier alpha value is -1.58. The smallest absolute Gasteiger partial charge is 0.306 e. The maximum Gasteiger partial charge on any atom is 0.306 e. The Morgan fingerprint density at radius 3 is 1.48 bits per heavy atom. The minimum absolute atomic E-state index is 0.0452. The maximum atomic E-state index is 12.5. The molecule has 246 valence electrons. The number of hydrogen-bond acceptors (Lipinski definition) is 3. The molecule has 0 aromatic rings. The van der Waals surface area contributed by atoms with Crippen LogP contribution in [0.4, 0.5) is 0 Å². The van der Waals surface area contributed by atoms with Crippen molar-refractivity contribution in [3.05, 3.63) is 24.3 Å². The molecule has 0 aromatic carbocycles. The summed E-state index contributed by atoms with van der Waals surface area (Å²) in [6.07, 6.45) is 41.8. The zero-order chi connectivity index (χ0) is 30.8. The highest BCUT2D eigenvalue weighted by Gasteiger charge is 2.14. The predicted octanol–water partition coefficient (Wildman–Crippen LogP) is 12.4. The van der Waals surface area contributed by atoms with Gasteiger partial charge < -0.3 is 9.84 Å². The summed E-state index contributed by atoms with van der Waals surface area (Å²) in [5.74, 6) is -0.806. The van der Waals surface area contributed by atoms with Gasteiger partial charge in [0, 0.05) is 12.8 Å². The number of ether oxygens (including phenoxy) is 1. The van der Waals surface area contributed by atoms with Crippen molar-refractivity contribution < 1.29 is 19.4 Å². The van der Waals surface area contributed by atoms with E-state index in [2.05, 4.69) is 38.2 Å². The average molecular weight is 591 g/mol. The Morgan fingerprint density at radius 2 is 0.929 bits per heavy atom. The van der Waals surface area contributed by atoms with Gasteiger partial charge in [0.2, 0.25) is 0 Å². The van der Waals surface area contributed by atoms with E-state index in [9.17, 15) is 9.59 Å². The molecule has 0 radical (unpaired) electrons. The molecule has 0 aromatic heterocycles. The third-order valence-electron chi connectivity index (χ3n) is 8.18. The Bertz CT molecular complexity index is 639. The molecule has 1 N–H and O–H groups in total. The van der Waals surface area contributed by atoms with Crippen LogP contribution in [0.1, 0.15) is 200 Å². The summed E-state index contributed by atoms with van der Waals surface area (Å²) in [4.78, 5) is 23.3. The SMILES string of the molecule is CCCCC/C=C\C/C=C\CCCCCCCCCC(=O)OC(CCCCCCCCCCCC)CCCCC(=O)O. The molecule has 0 aliphatic carbocycles. The van der Waals surface area contributed by atoms with Gasteiger partial charge in [-0.2, -0.15) is 0 Å². The van der Waals surface area contributed by atoms with Gasteiger partial charge in [-0.1, -0.05) is 141 Å². The fourth-order valence-corrected chi connectivity index (χ4v) is 5.45. The molecular formula is C38H70O4. The molecule has 0 fully saturated rings. The third-order valence-corrected chi connectivity index (χ3v) is 8.18. The third kappa shape index (κ3) is 32.9. The number of aliphatic carboxylic acids is 1. The molecule has 1 unspecified atom stereocenters. The van der Waals surface area contributed by atoms with Crippen LogP contribution in [0.2, 0.25) is 0 Å². The second kappa shape index (κ2) is 33.9. The molecule has 0 saturated heterocycles. The van der Waals surface area contributed by atoms with Crippen molar-refractivity contribution >= 4 is 11.9 Å². The quantitative estimate of drug-likeness (QED) is 0.0469. The fourth-order valence-electron chi connectivity index (χ4n) is 5.45. The Kier molecular flexibility index (Phi) is 32.6. The molecule has 0 rings (SSSR count). The van der Waals surface area contributed by atoms with E-state index in [0.717, 1.165) is 44.9 Å². The van der Waals surface area contributed by atoms with E-state index in [1.54, 1.807) is 0 Å². The molecule has 42 heavy (non-hydrogen) atoms. The fraction of sp³-hybridized carbons (Fsp3) is 0.842. The number of unbranched alkanes of at least 4 members (excludes halogenated alkanes) is 20. The van der Waals surface area contributed by atoms with Crippen molar-refractivity contribution in [2.75, 3.05) is 0 Å². The number of carbonyl (C=O) groups is 2. The van der Waals surface area contributed by atoms with E-state index >= 15 is 0 Å². The van der Waals surface area contributed by atoms with Crippen LogP contribution in [0.25, 0.3) is 0 Å². The lowest BCUT2D eigenvalue weighted by atomic mass is 10.0. The maximum absolute atomic E-state index is 12.5. The molecule has 1 atom stereocenters. The van der Waals surface area contributed by atoms with Gasteiger partial charge in [-0.25, -0.2) is 0 Å². The first-order valence-corrected chi connectivity index (χ1v) is 18.3. The number of carboxylic acid groups (broad SMARTS) is 1. The summed E-state index contributed by atoms with van der Waals surface area (Å²) in [7, 11) is 0. The van der Waals surface area contributed by atoms with Gasteiger partial charge in [-0.3, -0.25) is 9.59 Å². The number of allylic oxidation sites excluding steroid dienone is 4. The number of carbonyl (C=O) groups excluding carboxylic acids is 1. The van der Waals surface area contributed by atoms with Gasteiger partial charge >= 0.3 is 11.9 Å². The average Bonchev–Trinajstić information content (AvgIpc) is 2.97. The van der Waals surface area contributed by atoms with Gasteiger partial charge in [0.15, 0.2) is 0 Å².